The minimum absolute atomic E-state index is 0.0621. The predicted octanol–water partition coefficient (Wildman–Crippen LogP) is 2.96. The Labute approximate surface area is 203 Å². The van der Waals surface area contributed by atoms with Gasteiger partial charge in [0.15, 0.2) is 5.60 Å². The summed E-state index contributed by atoms with van der Waals surface area (Å²) in [6.45, 7) is 4.64. The molecule has 0 radical (unpaired) electrons. The van der Waals surface area contributed by atoms with Gasteiger partial charge in [0.1, 0.15) is 18.7 Å². The quantitative estimate of drug-likeness (QED) is 0.466. The van der Waals surface area contributed by atoms with Crippen LogP contribution in [0.5, 0.6) is 0 Å². The molecule has 0 spiro atoms. The molecule has 3 heterocycles. The number of hydrogen-bond donors (Lipinski definition) is 2. The van der Waals surface area contributed by atoms with E-state index in [4.69, 9.17) is 9.72 Å². The number of benzene rings is 1. The Hall–Kier alpha value is -3.10. The second-order valence-corrected chi connectivity index (χ2v) is 9.75. The van der Waals surface area contributed by atoms with Gasteiger partial charge in [-0.2, -0.15) is 0 Å². The number of aldehydes is 1. The van der Waals surface area contributed by atoms with Crippen molar-refractivity contribution in [1.82, 2.24) is 15.2 Å². The first-order valence-electron chi connectivity index (χ1n) is 12.1. The van der Waals surface area contributed by atoms with E-state index >= 15 is 0 Å². The standard InChI is InChI=1S/C27H30FN3O4/c1-4-27(34)21(16(13-32)14-35-26(27)33)10-24-25-20(12-31(24)3)18(7-8-29-17-5-6-17)19-9-15(2)22(28)11-23(19)30-25/h9-11,13,17,29,34H,4-8,12,14H2,1-3H3/b24-10-/t27-/m0/s1. The first kappa shape index (κ1) is 23.6. The maximum absolute atomic E-state index is 14.5. The average molecular weight is 480 g/mol. The van der Waals surface area contributed by atoms with Crippen molar-refractivity contribution in [1.29, 1.82) is 0 Å². The second-order valence-electron chi connectivity index (χ2n) is 9.75. The molecule has 1 fully saturated rings. The molecule has 1 aliphatic carbocycles. The Bertz CT molecular complexity index is 1300. The van der Waals surface area contributed by atoms with Crippen molar-refractivity contribution >= 4 is 28.9 Å². The maximum Gasteiger partial charge on any atom is 0.343 e. The highest BCUT2D eigenvalue weighted by molar-refractivity contribution is 5.93. The number of nitrogens with zero attached hydrogens (tertiary/aromatic N) is 2. The molecule has 35 heavy (non-hydrogen) atoms. The minimum Gasteiger partial charge on any atom is -0.458 e. The fourth-order valence-corrected chi connectivity index (χ4v) is 5.03. The molecule has 2 N–H and O–H groups in total. The van der Waals surface area contributed by atoms with E-state index in [1.165, 1.54) is 18.9 Å². The summed E-state index contributed by atoms with van der Waals surface area (Å²) in [4.78, 5) is 31.1. The number of hydrogen-bond acceptors (Lipinski definition) is 7. The fourth-order valence-electron chi connectivity index (χ4n) is 5.03. The Kier molecular flexibility index (Phi) is 5.97. The number of aliphatic hydroxyl groups is 1. The molecular weight excluding hydrogens is 449 g/mol. The van der Waals surface area contributed by atoms with E-state index in [1.54, 1.807) is 19.9 Å². The van der Waals surface area contributed by atoms with Crippen LogP contribution in [0.1, 0.15) is 48.6 Å². The van der Waals surface area contributed by atoms with Crippen molar-refractivity contribution in [3.05, 3.63) is 57.6 Å². The van der Waals surface area contributed by atoms with Gasteiger partial charge in [0.05, 0.1) is 16.9 Å². The summed E-state index contributed by atoms with van der Waals surface area (Å²) >= 11 is 0. The molecule has 7 nitrogen and oxygen atoms in total. The number of rotatable bonds is 7. The molecule has 0 bridgehead atoms. The molecule has 2 aliphatic heterocycles. The van der Waals surface area contributed by atoms with Gasteiger partial charge in [-0.25, -0.2) is 14.2 Å². The molecule has 1 atom stereocenters. The Morgan fingerprint density at radius 3 is 2.83 bits per heavy atom. The number of aromatic nitrogens is 1. The van der Waals surface area contributed by atoms with Crippen molar-refractivity contribution in [2.45, 2.75) is 57.7 Å². The van der Waals surface area contributed by atoms with Gasteiger partial charge < -0.3 is 20.1 Å². The van der Waals surface area contributed by atoms with E-state index in [0.29, 0.717) is 41.3 Å². The zero-order valence-electron chi connectivity index (χ0n) is 20.3. The van der Waals surface area contributed by atoms with E-state index in [-0.39, 0.29) is 30.0 Å². The van der Waals surface area contributed by atoms with Gasteiger partial charge in [-0.3, -0.25) is 4.79 Å². The number of aryl methyl sites for hydroxylation is 1. The Balaban J connectivity index is 1.68. The SMILES string of the molecule is CC[C@@]1(O)C(=O)OCC(C=O)=C1/C=C1/c2nc3cc(F)c(C)cc3c(CCNC3CC3)c2CN1C. The van der Waals surface area contributed by atoms with Crippen LogP contribution < -0.4 is 5.32 Å². The van der Waals surface area contributed by atoms with Crippen molar-refractivity contribution < 1.29 is 23.8 Å². The zero-order chi connectivity index (χ0) is 24.9. The summed E-state index contributed by atoms with van der Waals surface area (Å²) < 4.78 is 19.6. The molecule has 184 valence electrons. The third kappa shape index (κ3) is 4.04. The summed E-state index contributed by atoms with van der Waals surface area (Å²) in [7, 11) is 1.91. The largest absolute Gasteiger partial charge is 0.458 e. The summed E-state index contributed by atoms with van der Waals surface area (Å²) in [5.41, 5.74) is 3.20. The number of esters is 1. The molecule has 1 aromatic carbocycles. The third-order valence-electron chi connectivity index (χ3n) is 7.34. The molecule has 2 aromatic rings. The van der Waals surface area contributed by atoms with Gasteiger partial charge in [-0.05, 0) is 62.4 Å². The highest BCUT2D eigenvalue weighted by Crippen LogP contribution is 2.40. The number of halogens is 1. The van der Waals surface area contributed by atoms with E-state index in [0.717, 1.165) is 29.5 Å². The molecule has 3 aliphatic rings. The molecule has 5 rings (SSSR count). The fraction of sp³-hybridized carbons (Fsp3) is 0.444. The van der Waals surface area contributed by atoms with Crippen molar-refractivity contribution in [3.63, 3.8) is 0 Å². The maximum atomic E-state index is 14.5. The van der Waals surface area contributed by atoms with Crippen LogP contribution in [-0.4, -0.2) is 59.1 Å². The van der Waals surface area contributed by atoms with Crippen molar-refractivity contribution in [2.24, 2.45) is 0 Å². The zero-order valence-corrected chi connectivity index (χ0v) is 20.3. The van der Waals surface area contributed by atoms with Crippen molar-refractivity contribution in [2.75, 3.05) is 20.2 Å². The molecule has 8 heteroatoms. The highest BCUT2D eigenvalue weighted by atomic mass is 19.1. The molecule has 0 unspecified atom stereocenters. The summed E-state index contributed by atoms with van der Waals surface area (Å²) in [6, 6.07) is 3.92. The lowest BCUT2D eigenvalue weighted by Crippen LogP contribution is -2.45. The monoisotopic (exact) mass is 479 g/mol. The molecular formula is C27H30FN3O4. The topological polar surface area (TPSA) is 91.8 Å². The van der Waals surface area contributed by atoms with Crippen LogP contribution in [0.2, 0.25) is 0 Å². The van der Waals surface area contributed by atoms with E-state index in [1.807, 2.05) is 18.0 Å². The van der Waals surface area contributed by atoms with Crippen LogP contribution in [0, 0.1) is 12.7 Å². The highest BCUT2D eigenvalue weighted by Gasteiger charge is 2.44. The number of nitrogens with one attached hydrogen (secondary N) is 1. The number of ether oxygens (including phenoxy) is 1. The van der Waals surface area contributed by atoms with Crippen LogP contribution >= 0.6 is 0 Å². The van der Waals surface area contributed by atoms with Crippen molar-refractivity contribution in [3.8, 4) is 0 Å². The normalized spacial score (nSPS) is 23.3. The average Bonchev–Trinajstić information content (AvgIpc) is 3.61. The van der Waals surface area contributed by atoms with Gasteiger partial charge in [-0.15, -0.1) is 0 Å². The van der Waals surface area contributed by atoms with Gasteiger partial charge >= 0.3 is 5.97 Å². The number of carbonyl (C=O) groups is 2. The van der Waals surface area contributed by atoms with E-state index in [9.17, 15) is 19.1 Å². The van der Waals surface area contributed by atoms with Gasteiger partial charge in [0.25, 0.3) is 0 Å². The third-order valence-corrected chi connectivity index (χ3v) is 7.34. The van der Waals surface area contributed by atoms with Crippen LogP contribution in [0.4, 0.5) is 4.39 Å². The predicted molar refractivity (Wildman–Crippen MR) is 130 cm³/mol. The summed E-state index contributed by atoms with van der Waals surface area (Å²) in [5.74, 6) is -1.08. The summed E-state index contributed by atoms with van der Waals surface area (Å²) in [5, 5.41) is 15.6. The number of carbonyl (C=O) groups excluding carboxylic acids is 2. The first-order valence-corrected chi connectivity index (χ1v) is 12.1. The summed E-state index contributed by atoms with van der Waals surface area (Å²) in [6.07, 6.45) is 5.54. The number of pyridine rings is 1. The van der Waals surface area contributed by atoms with Crippen LogP contribution in [-0.2, 0) is 27.3 Å². The molecule has 1 saturated carbocycles. The number of fused-ring (bicyclic) bond motifs is 2. The lowest BCUT2D eigenvalue weighted by Gasteiger charge is -2.32. The van der Waals surface area contributed by atoms with Gasteiger partial charge in [0, 0.05) is 47.8 Å². The smallest absolute Gasteiger partial charge is 0.343 e. The van der Waals surface area contributed by atoms with Crippen LogP contribution in [0.15, 0.2) is 29.4 Å². The Morgan fingerprint density at radius 2 is 2.14 bits per heavy atom. The Morgan fingerprint density at radius 1 is 1.37 bits per heavy atom. The van der Waals surface area contributed by atoms with Gasteiger partial charge in [-0.1, -0.05) is 6.92 Å². The molecule has 0 saturated heterocycles. The van der Waals surface area contributed by atoms with Gasteiger partial charge in [0.2, 0.25) is 0 Å². The van der Waals surface area contributed by atoms with Crippen LogP contribution in [0.3, 0.4) is 0 Å². The lowest BCUT2D eigenvalue weighted by molar-refractivity contribution is -0.162. The lowest BCUT2D eigenvalue weighted by atomic mass is 9.85. The first-order chi connectivity index (χ1) is 16.8. The minimum atomic E-state index is -1.91. The van der Waals surface area contributed by atoms with E-state index < -0.39 is 11.6 Å². The molecule has 0 amide bonds. The second kappa shape index (κ2) is 8.84. The molecule has 1 aromatic heterocycles. The number of cyclic esters (lactones) is 1. The van der Waals surface area contributed by atoms with E-state index in [2.05, 4.69) is 5.32 Å². The van der Waals surface area contributed by atoms with Crippen LogP contribution in [0.25, 0.3) is 16.6 Å².